The van der Waals surface area contributed by atoms with Gasteiger partial charge in [0.1, 0.15) is 0 Å². The minimum Gasteiger partial charge on any atom is -0.454 e. The maximum Gasteiger partial charge on any atom is 0.289 e. The van der Waals surface area contributed by atoms with Gasteiger partial charge in [-0.15, -0.1) is 6.42 Å². The fourth-order valence-corrected chi connectivity index (χ4v) is 5.66. The molecule has 8 nitrogen and oxygen atoms in total. The molecule has 160 valence electrons. The van der Waals surface area contributed by atoms with E-state index in [1.165, 1.54) is 28.6 Å². The number of hydrogen-bond acceptors (Lipinski definition) is 6. The van der Waals surface area contributed by atoms with Crippen LogP contribution >= 0.6 is 0 Å². The number of sulfonamides is 1. The first-order valence-corrected chi connectivity index (χ1v) is 11.2. The molecule has 1 unspecified atom stereocenters. The number of hydrogen-bond donors (Lipinski definition) is 0. The van der Waals surface area contributed by atoms with Gasteiger partial charge in [0.25, 0.3) is 15.7 Å². The summed E-state index contributed by atoms with van der Waals surface area (Å²) in [5, 5.41) is 11.5. The molecule has 2 aromatic carbocycles. The Kier molecular flexibility index (Phi) is 5.67. The monoisotopic (exact) mass is 440 g/mol. The van der Waals surface area contributed by atoms with Crippen LogP contribution in [0.15, 0.2) is 53.4 Å². The van der Waals surface area contributed by atoms with Crippen LogP contribution in [0.5, 0.6) is 11.5 Å². The standard InChI is InChI=1S/C22H20N2O6S/c1-2-13-23(31(27,28)22-10-6-5-9-19(22)24(25)26)18-8-4-3-7-17(18)16-11-12-20-21(14-16)30-15-29-20/h1,5-7,9-12,14,18H,3-4,8,13,15H2. The summed E-state index contributed by atoms with van der Waals surface area (Å²) in [6.07, 6.45) is 9.61. The minimum absolute atomic E-state index is 0.135. The van der Waals surface area contributed by atoms with E-state index in [4.69, 9.17) is 15.9 Å². The topological polar surface area (TPSA) is 99.0 Å². The number of nitro groups is 1. The zero-order valence-corrected chi connectivity index (χ0v) is 17.4. The van der Waals surface area contributed by atoms with E-state index in [1.54, 1.807) is 6.07 Å². The Bertz CT molecular complexity index is 1200. The Morgan fingerprint density at radius 3 is 2.74 bits per heavy atom. The lowest BCUT2D eigenvalue weighted by Crippen LogP contribution is -2.42. The second-order valence-corrected chi connectivity index (χ2v) is 9.01. The third-order valence-electron chi connectivity index (χ3n) is 5.35. The van der Waals surface area contributed by atoms with Gasteiger partial charge in [-0.1, -0.05) is 30.2 Å². The van der Waals surface area contributed by atoms with Gasteiger partial charge in [-0.25, -0.2) is 8.42 Å². The highest BCUT2D eigenvalue weighted by molar-refractivity contribution is 7.89. The van der Waals surface area contributed by atoms with Crippen molar-refractivity contribution in [2.45, 2.75) is 30.2 Å². The Morgan fingerprint density at radius 1 is 1.19 bits per heavy atom. The van der Waals surface area contributed by atoms with Crippen molar-refractivity contribution in [2.24, 2.45) is 0 Å². The summed E-state index contributed by atoms with van der Waals surface area (Å²) in [6.45, 7) is -0.0719. The third kappa shape index (κ3) is 3.87. The number of benzene rings is 2. The molecule has 2 aliphatic rings. The molecule has 31 heavy (non-hydrogen) atoms. The van der Waals surface area contributed by atoms with Crippen LogP contribution in [0.1, 0.15) is 24.8 Å². The van der Waals surface area contributed by atoms with E-state index in [2.05, 4.69) is 5.92 Å². The van der Waals surface area contributed by atoms with Crippen LogP contribution < -0.4 is 9.47 Å². The highest BCUT2D eigenvalue weighted by atomic mass is 32.2. The quantitative estimate of drug-likeness (QED) is 0.387. The molecule has 9 heteroatoms. The SMILES string of the molecule is C#CCN(C1CCCC=C1c1ccc2c(c1)OCO2)S(=O)(=O)c1ccccc1[N+](=O)[O-]. The lowest BCUT2D eigenvalue weighted by atomic mass is 9.89. The van der Waals surface area contributed by atoms with Crippen LogP contribution in [0.4, 0.5) is 5.69 Å². The summed E-state index contributed by atoms with van der Waals surface area (Å²) in [4.78, 5) is 10.4. The predicted octanol–water partition coefficient (Wildman–Crippen LogP) is 3.58. The third-order valence-corrected chi connectivity index (χ3v) is 7.26. The van der Waals surface area contributed by atoms with E-state index in [9.17, 15) is 18.5 Å². The number of nitrogens with zero attached hydrogens (tertiary/aromatic N) is 2. The van der Waals surface area contributed by atoms with E-state index < -0.39 is 26.7 Å². The second kappa shape index (κ2) is 8.41. The summed E-state index contributed by atoms with van der Waals surface area (Å²) < 4.78 is 39.1. The molecule has 1 aliphatic heterocycles. The van der Waals surface area contributed by atoms with Gasteiger partial charge in [0.2, 0.25) is 6.79 Å². The van der Waals surface area contributed by atoms with E-state index in [-0.39, 0.29) is 18.2 Å². The minimum atomic E-state index is -4.24. The van der Waals surface area contributed by atoms with E-state index in [0.717, 1.165) is 24.0 Å². The van der Waals surface area contributed by atoms with Gasteiger partial charge < -0.3 is 9.47 Å². The van der Waals surface area contributed by atoms with Gasteiger partial charge >= 0.3 is 0 Å². The van der Waals surface area contributed by atoms with Crippen molar-refractivity contribution < 1.29 is 22.8 Å². The average Bonchev–Trinajstić information content (AvgIpc) is 3.25. The maximum atomic E-state index is 13.6. The van der Waals surface area contributed by atoms with Crippen molar-refractivity contribution in [1.29, 1.82) is 0 Å². The lowest BCUT2D eigenvalue weighted by molar-refractivity contribution is -0.387. The summed E-state index contributed by atoms with van der Waals surface area (Å²) in [5.74, 6) is 3.63. The smallest absolute Gasteiger partial charge is 0.289 e. The molecule has 0 aromatic heterocycles. The number of rotatable bonds is 6. The van der Waals surface area contributed by atoms with Gasteiger partial charge in [-0.05, 0) is 48.6 Å². The van der Waals surface area contributed by atoms with Crippen LogP contribution in [0, 0.1) is 22.5 Å². The predicted molar refractivity (Wildman–Crippen MR) is 114 cm³/mol. The molecule has 2 aromatic rings. The fourth-order valence-electron chi connectivity index (χ4n) is 3.95. The molecule has 1 heterocycles. The first-order chi connectivity index (χ1) is 14.9. The first-order valence-electron chi connectivity index (χ1n) is 9.72. The Hall–Kier alpha value is -3.35. The molecule has 0 saturated carbocycles. The van der Waals surface area contributed by atoms with Crippen molar-refractivity contribution in [3.05, 3.63) is 64.2 Å². The van der Waals surface area contributed by atoms with Crippen molar-refractivity contribution in [2.75, 3.05) is 13.3 Å². The fraction of sp³-hybridized carbons (Fsp3) is 0.273. The van der Waals surface area contributed by atoms with E-state index in [0.29, 0.717) is 17.9 Å². The van der Waals surface area contributed by atoms with Crippen LogP contribution in [-0.4, -0.2) is 37.0 Å². The summed E-state index contributed by atoms with van der Waals surface area (Å²) >= 11 is 0. The molecule has 0 bridgehead atoms. The molecule has 0 spiro atoms. The molecular weight excluding hydrogens is 420 g/mol. The number of terminal acetylenes is 1. The zero-order chi connectivity index (χ0) is 22.0. The number of allylic oxidation sites excluding steroid dienone is 1. The van der Waals surface area contributed by atoms with E-state index in [1.807, 2.05) is 18.2 Å². The molecule has 0 amide bonds. The number of para-hydroxylation sites is 1. The lowest BCUT2D eigenvalue weighted by Gasteiger charge is -2.33. The van der Waals surface area contributed by atoms with Crippen LogP contribution in [0.3, 0.4) is 0 Å². The van der Waals surface area contributed by atoms with Gasteiger partial charge in [-0.2, -0.15) is 4.31 Å². The molecule has 0 radical (unpaired) electrons. The maximum absolute atomic E-state index is 13.6. The molecule has 0 N–H and O–H groups in total. The van der Waals surface area contributed by atoms with Gasteiger partial charge in [-0.3, -0.25) is 10.1 Å². The van der Waals surface area contributed by atoms with Gasteiger partial charge in [0, 0.05) is 6.07 Å². The van der Waals surface area contributed by atoms with Crippen LogP contribution in [0.25, 0.3) is 5.57 Å². The summed E-state index contributed by atoms with van der Waals surface area (Å²) in [6, 6.07) is 10.2. The van der Waals surface area contributed by atoms with Crippen molar-refractivity contribution in [1.82, 2.24) is 4.31 Å². The molecule has 1 atom stereocenters. The number of fused-ring (bicyclic) bond motifs is 1. The van der Waals surface area contributed by atoms with Crippen LogP contribution in [-0.2, 0) is 10.0 Å². The normalized spacial score (nSPS) is 17.8. The van der Waals surface area contributed by atoms with Crippen molar-refractivity contribution >= 4 is 21.3 Å². The molecule has 0 saturated heterocycles. The molecule has 1 aliphatic carbocycles. The number of nitro benzene ring substituents is 1. The second-order valence-electron chi connectivity index (χ2n) is 7.15. The largest absolute Gasteiger partial charge is 0.454 e. The Morgan fingerprint density at radius 2 is 1.97 bits per heavy atom. The Balaban J connectivity index is 1.78. The van der Waals surface area contributed by atoms with Gasteiger partial charge in [0.05, 0.1) is 17.5 Å². The van der Waals surface area contributed by atoms with Crippen LogP contribution in [0.2, 0.25) is 0 Å². The van der Waals surface area contributed by atoms with Crippen molar-refractivity contribution in [3.63, 3.8) is 0 Å². The highest BCUT2D eigenvalue weighted by Gasteiger charge is 2.38. The molecular formula is C22H20N2O6S. The highest BCUT2D eigenvalue weighted by Crippen LogP contribution is 2.40. The Labute approximate surface area is 180 Å². The first kappa shape index (κ1) is 20.9. The summed E-state index contributed by atoms with van der Waals surface area (Å²) in [5.41, 5.74) is 1.12. The summed E-state index contributed by atoms with van der Waals surface area (Å²) in [7, 11) is -4.24. The number of ether oxygens (including phenoxy) is 2. The molecule has 0 fully saturated rings. The zero-order valence-electron chi connectivity index (χ0n) is 16.6. The average molecular weight is 440 g/mol. The van der Waals surface area contributed by atoms with E-state index >= 15 is 0 Å². The van der Waals surface area contributed by atoms with Gasteiger partial charge in [0.15, 0.2) is 16.4 Å². The van der Waals surface area contributed by atoms with Crippen molar-refractivity contribution in [3.8, 4) is 23.8 Å². The molecule has 4 rings (SSSR count).